The lowest BCUT2D eigenvalue weighted by molar-refractivity contribution is -0.132. The largest absolute Gasteiger partial charge is 0.378 e. The highest BCUT2D eigenvalue weighted by atomic mass is 32.2. The second-order valence-corrected chi connectivity index (χ2v) is 6.45. The molecule has 110 valence electrons. The number of nitrogens with zero attached hydrogens (tertiary/aromatic N) is 1. The second kappa shape index (κ2) is 7.55. The van der Waals surface area contributed by atoms with Crippen LogP contribution in [0.1, 0.15) is 24.2 Å². The average Bonchev–Trinajstić information content (AvgIpc) is 2.50. The molecule has 0 N–H and O–H groups in total. The number of benzene rings is 1. The van der Waals surface area contributed by atoms with Crippen molar-refractivity contribution < 1.29 is 13.7 Å². The quantitative estimate of drug-likeness (QED) is 0.831. The van der Waals surface area contributed by atoms with Gasteiger partial charge in [-0.2, -0.15) is 0 Å². The van der Waals surface area contributed by atoms with E-state index in [0.717, 1.165) is 12.0 Å². The molecule has 0 radical (unpaired) electrons. The zero-order chi connectivity index (χ0) is 14.4. The molecule has 0 aromatic heterocycles. The third kappa shape index (κ3) is 3.90. The molecule has 4 nitrogen and oxygen atoms in total. The van der Waals surface area contributed by atoms with E-state index in [-0.39, 0.29) is 16.9 Å². The van der Waals surface area contributed by atoms with Gasteiger partial charge in [-0.3, -0.25) is 9.00 Å². The Labute approximate surface area is 122 Å². The fourth-order valence-corrected chi connectivity index (χ4v) is 3.83. The van der Waals surface area contributed by atoms with Gasteiger partial charge in [-0.15, -0.1) is 0 Å². The van der Waals surface area contributed by atoms with Crippen molar-refractivity contribution in [1.82, 2.24) is 4.90 Å². The summed E-state index contributed by atoms with van der Waals surface area (Å²) >= 11 is 0. The van der Waals surface area contributed by atoms with Gasteiger partial charge >= 0.3 is 0 Å². The molecule has 1 aliphatic heterocycles. The van der Waals surface area contributed by atoms with Crippen LogP contribution < -0.4 is 0 Å². The Kier molecular flexibility index (Phi) is 5.73. The molecule has 1 heterocycles. The smallest absolute Gasteiger partial charge is 0.235 e. The first-order valence-electron chi connectivity index (χ1n) is 7.00. The van der Waals surface area contributed by atoms with Gasteiger partial charge < -0.3 is 9.64 Å². The molecule has 1 aliphatic rings. The van der Waals surface area contributed by atoms with Gasteiger partial charge in [0.15, 0.2) is 0 Å². The van der Waals surface area contributed by atoms with Gasteiger partial charge in [-0.25, -0.2) is 0 Å². The van der Waals surface area contributed by atoms with Crippen molar-refractivity contribution >= 4 is 16.7 Å². The van der Waals surface area contributed by atoms with Crippen LogP contribution in [0.5, 0.6) is 0 Å². The standard InChI is InChI=1S/C15H21NO3S/c1-2-14(13-6-4-3-5-7-13)20(18)12-15(17)16-8-10-19-11-9-16/h3-7,14H,2,8-12H2,1H3/t14-,20+/m1/s1. The highest BCUT2D eigenvalue weighted by Crippen LogP contribution is 2.23. The molecular formula is C15H21NO3S. The number of amides is 1. The van der Waals surface area contributed by atoms with Crippen molar-refractivity contribution in [2.45, 2.75) is 18.6 Å². The van der Waals surface area contributed by atoms with E-state index in [0.29, 0.717) is 26.3 Å². The van der Waals surface area contributed by atoms with Crippen molar-refractivity contribution in [3.63, 3.8) is 0 Å². The van der Waals surface area contributed by atoms with Crippen molar-refractivity contribution in [1.29, 1.82) is 0 Å². The molecule has 20 heavy (non-hydrogen) atoms. The van der Waals surface area contributed by atoms with Crippen LogP contribution in [0.15, 0.2) is 30.3 Å². The van der Waals surface area contributed by atoms with E-state index >= 15 is 0 Å². The number of hydrogen-bond donors (Lipinski definition) is 0. The van der Waals surface area contributed by atoms with Gasteiger partial charge in [0.05, 0.1) is 18.5 Å². The van der Waals surface area contributed by atoms with Gasteiger partial charge in [-0.1, -0.05) is 37.3 Å². The number of rotatable bonds is 5. The first kappa shape index (κ1) is 15.2. The summed E-state index contributed by atoms with van der Waals surface area (Å²) in [5.41, 5.74) is 1.04. The zero-order valence-electron chi connectivity index (χ0n) is 11.8. The van der Waals surface area contributed by atoms with Crippen LogP contribution in [0, 0.1) is 0 Å². The van der Waals surface area contributed by atoms with Crippen molar-refractivity contribution in [3.05, 3.63) is 35.9 Å². The van der Waals surface area contributed by atoms with Gasteiger partial charge in [0, 0.05) is 23.9 Å². The molecule has 0 bridgehead atoms. The number of carbonyl (C=O) groups excluding carboxylic acids is 1. The van der Waals surface area contributed by atoms with Gasteiger partial charge in [-0.05, 0) is 12.0 Å². The summed E-state index contributed by atoms with van der Waals surface area (Å²) in [6.45, 7) is 4.38. The number of morpholine rings is 1. The van der Waals surface area contributed by atoms with E-state index in [1.54, 1.807) is 4.90 Å². The van der Waals surface area contributed by atoms with Crippen molar-refractivity contribution in [2.24, 2.45) is 0 Å². The molecule has 1 aromatic carbocycles. The maximum absolute atomic E-state index is 12.5. The fourth-order valence-electron chi connectivity index (χ4n) is 2.37. The summed E-state index contributed by atoms with van der Waals surface area (Å²) in [4.78, 5) is 13.9. The maximum Gasteiger partial charge on any atom is 0.235 e. The molecule has 2 atom stereocenters. The Morgan fingerprint density at radius 2 is 1.95 bits per heavy atom. The molecule has 1 fully saturated rings. The first-order valence-corrected chi connectivity index (χ1v) is 8.38. The van der Waals surface area contributed by atoms with E-state index in [2.05, 4.69) is 0 Å². The maximum atomic E-state index is 12.5. The molecule has 5 heteroatoms. The van der Waals surface area contributed by atoms with Crippen molar-refractivity contribution in [2.75, 3.05) is 32.1 Å². The van der Waals surface area contributed by atoms with E-state index in [9.17, 15) is 9.00 Å². The lowest BCUT2D eigenvalue weighted by atomic mass is 10.1. The second-order valence-electron chi connectivity index (χ2n) is 4.83. The summed E-state index contributed by atoms with van der Waals surface area (Å²) in [6, 6.07) is 9.78. The molecule has 2 rings (SSSR count). The summed E-state index contributed by atoms with van der Waals surface area (Å²) in [5.74, 6) is 0.0777. The summed E-state index contributed by atoms with van der Waals surface area (Å²) in [7, 11) is -1.17. The zero-order valence-corrected chi connectivity index (χ0v) is 12.6. The van der Waals surface area contributed by atoms with E-state index < -0.39 is 10.8 Å². The van der Waals surface area contributed by atoms with Crippen molar-refractivity contribution in [3.8, 4) is 0 Å². The third-order valence-electron chi connectivity index (χ3n) is 3.49. The Balaban J connectivity index is 1.97. The molecule has 0 aliphatic carbocycles. The molecule has 0 unspecified atom stereocenters. The fraction of sp³-hybridized carbons (Fsp3) is 0.533. The predicted octanol–water partition coefficient (Wildman–Crippen LogP) is 1.75. The van der Waals surface area contributed by atoms with Crippen LogP contribution in [0.25, 0.3) is 0 Å². The molecule has 1 saturated heterocycles. The Morgan fingerprint density at radius 3 is 2.55 bits per heavy atom. The number of carbonyl (C=O) groups is 1. The number of ether oxygens (including phenoxy) is 1. The van der Waals surface area contributed by atoms with Crippen LogP contribution >= 0.6 is 0 Å². The topological polar surface area (TPSA) is 46.6 Å². The minimum Gasteiger partial charge on any atom is -0.378 e. The normalized spacial score (nSPS) is 18.6. The van der Waals surface area contributed by atoms with Crippen LogP contribution in [-0.2, 0) is 20.3 Å². The Hall–Kier alpha value is -1.20. The van der Waals surface area contributed by atoms with Crippen LogP contribution in [0.3, 0.4) is 0 Å². The minimum absolute atomic E-state index is 0.0268. The van der Waals surface area contributed by atoms with E-state index in [1.165, 1.54) is 0 Å². The lowest BCUT2D eigenvalue weighted by Crippen LogP contribution is -2.43. The number of hydrogen-bond acceptors (Lipinski definition) is 3. The first-order chi connectivity index (χ1) is 9.72. The molecule has 0 saturated carbocycles. The third-order valence-corrected chi connectivity index (χ3v) is 5.26. The highest BCUT2D eigenvalue weighted by molar-refractivity contribution is 7.86. The van der Waals surface area contributed by atoms with Gasteiger partial charge in [0.2, 0.25) is 5.91 Å². The van der Waals surface area contributed by atoms with Gasteiger partial charge in [0.25, 0.3) is 0 Å². The summed E-state index contributed by atoms with van der Waals surface area (Å²) in [6.07, 6.45) is 0.771. The van der Waals surface area contributed by atoms with E-state index in [4.69, 9.17) is 4.74 Å². The molecular weight excluding hydrogens is 274 g/mol. The monoisotopic (exact) mass is 295 g/mol. The molecule has 0 spiro atoms. The van der Waals surface area contributed by atoms with Crippen LogP contribution in [0.4, 0.5) is 0 Å². The summed E-state index contributed by atoms with van der Waals surface area (Å²) in [5, 5.41) is -0.0683. The Morgan fingerprint density at radius 1 is 1.30 bits per heavy atom. The van der Waals surface area contributed by atoms with Gasteiger partial charge in [0.1, 0.15) is 5.75 Å². The predicted molar refractivity (Wildman–Crippen MR) is 79.9 cm³/mol. The van der Waals surface area contributed by atoms with E-state index in [1.807, 2.05) is 37.3 Å². The molecule has 1 aromatic rings. The average molecular weight is 295 g/mol. The SMILES string of the molecule is CC[C@H](c1ccccc1)[S@@](=O)CC(=O)N1CCOCC1. The van der Waals surface area contributed by atoms with Crippen LogP contribution in [0.2, 0.25) is 0 Å². The highest BCUT2D eigenvalue weighted by Gasteiger charge is 2.23. The molecule has 1 amide bonds. The van der Waals surface area contributed by atoms with Crippen LogP contribution in [-0.4, -0.2) is 47.1 Å². The lowest BCUT2D eigenvalue weighted by Gasteiger charge is -2.27. The Bertz CT molecular complexity index is 457. The summed E-state index contributed by atoms with van der Waals surface area (Å²) < 4.78 is 17.7. The minimum atomic E-state index is -1.17.